The van der Waals surface area contributed by atoms with E-state index >= 15 is 0 Å². The Hall–Kier alpha value is -2.33. The molecule has 8 nitrogen and oxygen atoms in total. The molecule has 6 rings (SSSR count). The summed E-state index contributed by atoms with van der Waals surface area (Å²) >= 11 is 6.41. The number of nitrogens with zero attached hydrogens (tertiary/aromatic N) is 2. The standard InChI is InChI=1S/C34H46ClN3O5S/c1-21-14-27(37(3)4)17-31(39)28-10-7-25(28)18-38-19-34(13-5-6-23-15-26(35)9-11-29(23)34)20-43-32-12-8-24(16-30(32)38)33(40)36-44(41,42)22(21)2/h8-9,11-12,15-16,21-22,25,27-28,31,39H,5-7,10,13-14,17-20H2,1-4H3,(H,36,40)/t21-,22+,25-,27+,28+,31-,34-/m0/s1. The lowest BCUT2D eigenvalue weighted by Crippen LogP contribution is -2.50. The zero-order valence-corrected chi connectivity index (χ0v) is 27.8. The molecule has 240 valence electrons. The van der Waals surface area contributed by atoms with Crippen molar-refractivity contribution in [1.82, 2.24) is 9.62 Å². The summed E-state index contributed by atoms with van der Waals surface area (Å²) in [4.78, 5) is 17.9. The van der Waals surface area contributed by atoms with Crippen LogP contribution in [0.15, 0.2) is 36.4 Å². The molecule has 0 radical (unpaired) electrons. The van der Waals surface area contributed by atoms with Crippen molar-refractivity contribution in [2.75, 3.05) is 38.7 Å². The summed E-state index contributed by atoms with van der Waals surface area (Å²) in [6.07, 6.45) is 5.68. The second-order valence-electron chi connectivity index (χ2n) is 14.1. The van der Waals surface area contributed by atoms with Crippen molar-refractivity contribution in [2.45, 2.75) is 81.6 Å². The first-order valence-corrected chi connectivity index (χ1v) is 18.0. The highest BCUT2D eigenvalue weighted by Crippen LogP contribution is 2.47. The molecule has 1 fully saturated rings. The summed E-state index contributed by atoms with van der Waals surface area (Å²) in [5.41, 5.74) is 3.35. The number of benzene rings is 2. The summed E-state index contributed by atoms with van der Waals surface area (Å²) in [6, 6.07) is 11.5. The third kappa shape index (κ3) is 5.97. The van der Waals surface area contributed by atoms with Gasteiger partial charge in [-0.3, -0.25) is 4.79 Å². The second kappa shape index (κ2) is 12.1. The lowest BCUT2D eigenvalue weighted by atomic mass is 9.67. The fourth-order valence-corrected chi connectivity index (χ4v) is 9.53. The fraction of sp³-hybridized carbons (Fsp3) is 0.618. The molecule has 1 saturated carbocycles. The minimum absolute atomic E-state index is 0.0160. The van der Waals surface area contributed by atoms with E-state index in [0.29, 0.717) is 37.7 Å². The number of carbonyl (C=O) groups excluding carboxylic acids is 1. The monoisotopic (exact) mass is 643 g/mol. The van der Waals surface area contributed by atoms with E-state index < -0.39 is 27.3 Å². The predicted molar refractivity (Wildman–Crippen MR) is 174 cm³/mol. The minimum atomic E-state index is -3.94. The molecule has 2 aromatic carbocycles. The molecule has 10 heteroatoms. The highest BCUT2D eigenvalue weighted by Gasteiger charge is 2.45. The quantitative estimate of drug-likeness (QED) is 0.451. The van der Waals surface area contributed by atoms with Crippen molar-refractivity contribution in [3.8, 4) is 5.75 Å². The number of aliphatic hydroxyl groups is 1. The Morgan fingerprint density at radius 1 is 1.11 bits per heavy atom. The van der Waals surface area contributed by atoms with Crippen LogP contribution in [0.3, 0.4) is 0 Å². The van der Waals surface area contributed by atoms with Gasteiger partial charge in [0, 0.05) is 35.1 Å². The van der Waals surface area contributed by atoms with Crippen LogP contribution in [0.1, 0.15) is 73.9 Å². The van der Waals surface area contributed by atoms with E-state index in [0.717, 1.165) is 49.4 Å². The van der Waals surface area contributed by atoms with Crippen LogP contribution in [-0.2, 0) is 21.9 Å². The molecule has 0 unspecified atom stereocenters. The van der Waals surface area contributed by atoms with Gasteiger partial charge in [-0.1, -0.05) is 24.6 Å². The van der Waals surface area contributed by atoms with Gasteiger partial charge >= 0.3 is 0 Å². The lowest BCUT2D eigenvalue weighted by molar-refractivity contribution is -0.00542. The number of carbonyl (C=O) groups is 1. The molecule has 2 N–H and O–H groups in total. The van der Waals surface area contributed by atoms with Crippen molar-refractivity contribution in [1.29, 1.82) is 0 Å². The zero-order valence-electron chi connectivity index (χ0n) is 26.3. The van der Waals surface area contributed by atoms with Crippen molar-refractivity contribution in [2.24, 2.45) is 17.8 Å². The number of anilines is 1. The van der Waals surface area contributed by atoms with Gasteiger partial charge < -0.3 is 19.6 Å². The molecule has 2 aromatic rings. The molecule has 2 bridgehead atoms. The Bertz CT molecular complexity index is 1520. The van der Waals surface area contributed by atoms with E-state index in [9.17, 15) is 18.3 Å². The van der Waals surface area contributed by atoms with Crippen molar-refractivity contribution in [3.63, 3.8) is 0 Å². The van der Waals surface area contributed by atoms with Gasteiger partial charge in [0.05, 0.1) is 23.6 Å². The van der Waals surface area contributed by atoms with Crippen LogP contribution < -0.4 is 14.4 Å². The summed E-state index contributed by atoms with van der Waals surface area (Å²) in [5.74, 6) is 0.303. The molecule has 7 atom stereocenters. The lowest BCUT2D eigenvalue weighted by Gasteiger charge is -2.46. The summed E-state index contributed by atoms with van der Waals surface area (Å²) < 4.78 is 35.8. The normalized spacial score (nSPS) is 33.8. The maximum atomic E-state index is 13.5. The van der Waals surface area contributed by atoms with Crippen LogP contribution >= 0.6 is 11.6 Å². The van der Waals surface area contributed by atoms with Crippen molar-refractivity contribution < 1.29 is 23.1 Å². The number of aliphatic hydroxyl groups excluding tert-OH is 1. The Morgan fingerprint density at radius 3 is 2.64 bits per heavy atom. The van der Waals surface area contributed by atoms with E-state index in [-0.39, 0.29) is 28.9 Å². The highest BCUT2D eigenvalue weighted by atomic mass is 35.5. The summed E-state index contributed by atoms with van der Waals surface area (Å²) in [6.45, 7) is 5.51. The molecule has 0 saturated heterocycles. The van der Waals surface area contributed by atoms with Gasteiger partial charge in [0.25, 0.3) is 5.91 Å². The largest absolute Gasteiger partial charge is 0.490 e. The van der Waals surface area contributed by atoms with Crippen LogP contribution in [0.2, 0.25) is 5.02 Å². The van der Waals surface area contributed by atoms with E-state index in [1.165, 1.54) is 11.1 Å². The Labute approximate surface area is 267 Å². The van der Waals surface area contributed by atoms with Gasteiger partial charge in [-0.05, 0) is 125 Å². The molecule has 2 heterocycles. The third-order valence-corrected chi connectivity index (χ3v) is 13.3. The first-order chi connectivity index (χ1) is 20.9. The Morgan fingerprint density at radius 2 is 1.91 bits per heavy atom. The van der Waals surface area contributed by atoms with Gasteiger partial charge in [0.15, 0.2) is 0 Å². The predicted octanol–water partition coefficient (Wildman–Crippen LogP) is 5.01. The number of sulfonamides is 1. The van der Waals surface area contributed by atoms with Crippen LogP contribution in [0, 0.1) is 17.8 Å². The van der Waals surface area contributed by atoms with E-state index in [1.807, 2.05) is 27.1 Å². The highest BCUT2D eigenvalue weighted by molar-refractivity contribution is 7.90. The van der Waals surface area contributed by atoms with Gasteiger partial charge in [0.1, 0.15) is 5.75 Å². The first kappa shape index (κ1) is 31.6. The molecular weight excluding hydrogens is 598 g/mol. The SMILES string of the molecule is C[C@@H]1[C@@H](C)C[C@@H](N(C)C)C[C@H](O)[C@@H]2CC[C@H]2CN2C[C@@]3(CCCc4cc(Cl)ccc43)COc3ccc(cc32)C(=O)NS1(=O)=O. The zero-order chi connectivity index (χ0) is 31.4. The number of hydrogen-bond donors (Lipinski definition) is 2. The van der Waals surface area contributed by atoms with Crippen molar-refractivity contribution in [3.05, 3.63) is 58.1 Å². The van der Waals surface area contributed by atoms with Crippen LogP contribution in [-0.4, -0.2) is 75.5 Å². The third-order valence-electron chi connectivity index (χ3n) is 11.1. The molecule has 4 aliphatic rings. The maximum Gasteiger partial charge on any atom is 0.264 e. The topological polar surface area (TPSA) is 99.2 Å². The molecule has 2 aliphatic heterocycles. The van der Waals surface area contributed by atoms with Gasteiger partial charge in [-0.25, -0.2) is 13.1 Å². The number of rotatable bonds is 1. The van der Waals surface area contributed by atoms with Gasteiger partial charge in [-0.15, -0.1) is 0 Å². The number of ether oxygens (including phenoxy) is 1. The molecule has 2 aliphatic carbocycles. The molecule has 44 heavy (non-hydrogen) atoms. The first-order valence-electron chi connectivity index (χ1n) is 16.1. The minimum Gasteiger partial charge on any atom is -0.490 e. The van der Waals surface area contributed by atoms with Crippen LogP contribution in [0.25, 0.3) is 0 Å². The Kier molecular flexibility index (Phi) is 8.72. The molecule has 0 aromatic heterocycles. The van der Waals surface area contributed by atoms with Gasteiger partial charge in [-0.2, -0.15) is 0 Å². The molecular formula is C34H46ClN3O5S. The fourth-order valence-electron chi connectivity index (χ4n) is 8.05. The smallest absolute Gasteiger partial charge is 0.264 e. The van der Waals surface area contributed by atoms with E-state index in [1.54, 1.807) is 25.1 Å². The van der Waals surface area contributed by atoms with E-state index in [2.05, 4.69) is 26.7 Å². The number of nitrogens with one attached hydrogen (secondary N) is 1. The van der Waals surface area contributed by atoms with E-state index in [4.69, 9.17) is 16.3 Å². The molecule has 1 amide bonds. The summed E-state index contributed by atoms with van der Waals surface area (Å²) in [7, 11) is 0.0311. The van der Waals surface area contributed by atoms with Gasteiger partial charge in [0.2, 0.25) is 10.0 Å². The maximum absolute atomic E-state index is 13.5. The number of hydrogen-bond acceptors (Lipinski definition) is 7. The van der Waals surface area contributed by atoms with Crippen LogP contribution in [0.4, 0.5) is 5.69 Å². The number of halogens is 1. The average molecular weight is 644 g/mol. The van der Waals surface area contributed by atoms with Crippen LogP contribution in [0.5, 0.6) is 5.75 Å². The Balaban J connectivity index is 1.42. The number of aryl methyl sites for hydroxylation is 1. The number of amides is 1. The molecule has 1 spiro atoms. The van der Waals surface area contributed by atoms with Crippen molar-refractivity contribution >= 4 is 33.2 Å². The summed E-state index contributed by atoms with van der Waals surface area (Å²) in [5, 5.41) is 11.5. The average Bonchev–Trinajstić information content (AvgIpc) is 3.10. The second-order valence-corrected chi connectivity index (χ2v) is 16.6. The number of fused-ring (bicyclic) bond motifs is 4.